The summed E-state index contributed by atoms with van der Waals surface area (Å²) in [6, 6.07) is 1.54. The molecular formula is C8H14N2O2. The average Bonchev–Trinajstić information content (AvgIpc) is 2.03. The number of aliphatic carboxylic acids is 1. The van der Waals surface area contributed by atoms with E-state index in [0.29, 0.717) is 13.0 Å². The van der Waals surface area contributed by atoms with Crippen LogP contribution < -0.4 is 5.32 Å². The second-order valence-electron chi connectivity index (χ2n) is 2.63. The molecule has 0 saturated carbocycles. The van der Waals surface area contributed by atoms with E-state index >= 15 is 0 Å². The van der Waals surface area contributed by atoms with Gasteiger partial charge in [0.05, 0.1) is 6.07 Å². The number of hydrogen-bond acceptors (Lipinski definition) is 3. The van der Waals surface area contributed by atoms with Crippen LogP contribution in [0.5, 0.6) is 0 Å². The Morgan fingerprint density at radius 2 is 2.33 bits per heavy atom. The molecule has 0 aromatic carbocycles. The zero-order chi connectivity index (χ0) is 9.40. The van der Waals surface area contributed by atoms with E-state index in [9.17, 15) is 4.79 Å². The van der Waals surface area contributed by atoms with Crippen molar-refractivity contribution in [1.82, 2.24) is 5.32 Å². The van der Waals surface area contributed by atoms with Crippen LogP contribution in [0.3, 0.4) is 0 Å². The molecule has 68 valence electrons. The van der Waals surface area contributed by atoms with Crippen LogP contribution in [0.1, 0.15) is 26.2 Å². The van der Waals surface area contributed by atoms with E-state index in [4.69, 9.17) is 10.4 Å². The number of hydrogen-bond donors (Lipinski definition) is 2. The van der Waals surface area contributed by atoms with Crippen LogP contribution in [0.2, 0.25) is 0 Å². The minimum atomic E-state index is -0.838. The molecule has 4 heteroatoms. The molecule has 0 fully saturated rings. The lowest BCUT2D eigenvalue weighted by molar-refractivity contribution is -0.138. The maximum atomic E-state index is 10.3. The Morgan fingerprint density at radius 1 is 1.67 bits per heavy atom. The standard InChI is InChI=1S/C8H14N2O2/c1-7(8(11)12)10-6-4-2-3-5-9/h7,10H,2-4,6H2,1H3,(H,11,12). The van der Waals surface area contributed by atoms with Gasteiger partial charge >= 0.3 is 5.97 Å². The molecule has 0 radical (unpaired) electrons. The fourth-order valence-corrected chi connectivity index (χ4v) is 0.735. The van der Waals surface area contributed by atoms with E-state index in [1.807, 2.05) is 6.07 Å². The van der Waals surface area contributed by atoms with E-state index in [1.54, 1.807) is 6.92 Å². The third-order valence-electron chi connectivity index (χ3n) is 1.54. The topological polar surface area (TPSA) is 73.1 Å². The lowest BCUT2D eigenvalue weighted by atomic mass is 10.2. The minimum Gasteiger partial charge on any atom is -0.480 e. The van der Waals surface area contributed by atoms with E-state index in [0.717, 1.165) is 12.8 Å². The first-order valence-electron chi connectivity index (χ1n) is 4.01. The van der Waals surface area contributed by atoms with E-state index < -0.39 is 12.0 Å². The first kappa shape index (κ1) is 10.9. The van der Waals surface area contributed by atoms with Gasteiger partial charge in [-0.05, 0) is 26.3 Å². The minimum absolute atomic E-state index is 0.493. The van der Waals surface area contributed by atoms with Crippen LogP contribution in [0.25, 0.3) is 0 Å². The molecular weight excluding hydrogens is 156 g/mol. The average molecular weight is 170 g/mol. The summed E-state index contributed by atoms with van der Waals surface area (Å²) in [6.45, 7) is 2.27. The number of unbranched alkanes of at least 4 members (excludes halogenated alkanes) is 2. The lowest BCUT2D eigenvalue weighted by Crippen LogP contribution is -2.34. The molecule has 0 amide bonds. The van der Waals surface area contributed by atoms with Gasteiger partial charge in [0, 0.05) is 6.42 Å². The van der Waals surface area contributed by atoms with E-state index in [2.05, 4.69) is 5.32 Å². The van der Waals surface area contributed by atoms with Crippen LogP contribution in [0.4, 0.5) is 0 Å². The monoisotopic (exact) mass is 170 g/mol. The largest absolute Gasteiger partial charge is 0.480 e. The molecule has 0 aliphatic heterocycles. The molecule has 1 atom stereocenters. The smallest absolute Gasteiger partial charge is 0.320 e. The van der Waals surface area contributed by atoms with Crippen molar-refractivity contribution in [3.8, 4) is 6.07 Å². The van der Waals surface area contributed by atoms with Gasteiger partial charge in [-0.2, -0.15) is 5.26 Å². The zero-order valence-corrected chi connectivity index (χ0v) is 7.21. The van der Waals surface area contributed by atoms with Gasteiger partial charge < -0.3 is 10.4 Å². The van der Waals surface area contributed by atoms with Gasteiger partial charge in [0.2, 0.25) is 0 Å². The van der Waals surface area contributed by atoms with Crippen molar-refractivity contribution in [2.75, 3.05) is 6.54 Å². The Labute approximate surface area is 72.2 Å². The summed E-state index contributed by atoms with van der Waals surface area (Å²) in [5.41, 5.74) is 0. The van der Waals surface area contributed by atoms with Gasteiger partial charge in [-0.1, -0.05) is 0 Å². The Hall–Kier alpha value is -1.08. The molecule has 2 N–H and O–H groups in total. The van der Waals surface area contributed by atoms with Crippen molar-refractivity contribution >= 4 is 5.97 Å². The molecule has 0 heterocycles. The highest BCUT2D eigenvalue weighted by atomic mass is 16.4. The number of carbonyl (C=O) groups is 1. The van der Waals surface area contributed by atoms with Crippen molar-refractivity contribution in [3.05, 3.63) is 0 Å². The molecule has 0 spiro atoms. The summed E-state index contributed by atoms with van der Waals surface area (Å²) in [5, 5.41) is 19.5. The highest BCUT2D eigenvalue weighted by Crippen LogP contribution is 1.92. The number of nitrogens with zero attached hydrogens (tertiary/aromatic N) is 1. The van der Waals surface area contributed by atoms with Crippen molar-refractivity contribution in [3.63, 3.8) is 0 Å². The SMILES string of the molecule is CC(NCCCCC#N)C(=O)O. The second-order valence-corrected chi connectivity index (χ2v) is 2.63. The molecule has 0 saturated heterocycles. The molecule has 0 aliphatic rings. The summed E-state index contributed by atoms with van der Waals surface area (Å²) in [7, 11) is 0. The molecule has 0 aromatic rings. The van der Waals surface area contributed by atoms with Crippen molar-refractivity contribution in [2.24, 2.45) is 0 Å². The Bertz CT molecular complexity index is 174. The number of carboxylic acid groups (broad SMARTS) is 1. The second kappa shape index (κ2) is 6.62. The number of nitriles is 1. The van der Waals surface area contributed by atoms with Gasteiger partial charge in [-0.3, -0.25) is 4.79 Å². The van der Waals surface area contributed by atoms with Crippen molar-refractivity contribution < 1.29 is 9.90 Å². The predicted molar refractivity (Wildman–Crippen MR) is 44.6 cm³/mol. The highest BCUT2D eigenvalue weighted by Gasteiger charge is 2.07. The molecule has 0 rings (SSSR count). The van der Waals surface area contributed by atoms with Gasteiger partial charge in [-0.25, -0.2) is 0 Å². The Kier molecular flexibility index (Phi) is 6.02. The van der Waals surface area contributed by atoms with Crippen LogP contribution >= 0.6 is 0 Å². The number of carboxylic acids is 1. The third kappa shape index (κ3) is 5.69. The molecule has 12 heavy (non-hydrogen) atoms. The maximum absolute atomic E-state index is 10.3. The number of rotatable bonds is 6. The van der Waals surface area contributed by atoms with Gasteiger partial charge in [-0.15, -0.1) is 0 Å². The highest BCUT2D eigenvalue weighted by molar-refractivity contribution is 5.72. The van der Waals surface area contributed by atoms with E-state index in [1.165, 1.54) is 0 Å². The summed E-state index contributed by atoms with van der Waals surface area (Å²) in [4.78, 5) is 10.3. The zero-order valence-electron chi connectivity index (χ0n) is 7.21. The van der Waals surface area contributed by atoms with Gasteiger partial charge in [0.1, 0.15) is 6.04 Å². The van der Waals surface area contributed by atoms with Crippen molar-refractivity contribution in [1.29, 1.82) is 5.26 Å². The van der Waals surface area contributed by atoms with Crippen LogP contribution in [0, 0.1) is 11.3 Å². The summed E-state index contributed by atoms with van der Waals surface area (Å²) < 4.78 is 0. The fourth-order valence-electron chi connectivity index (χ4n) is 0.735. The van der Waals surface area contributed by atoms with Crippen LogP contribution in [-0.2, 0) is 4.79 Å². The van der Waals surface area contributed by atoms with Crippen LogP contribution in [0.15, 0.2) is 0 Å². The lowest BCUT2D eigenvalue weighted by Gasteiger charge is -2.07. The molecule has 1 unspecified atom stereocenters. The number of nitrogens with one attached hydrogen (secondary N) is 1. The first-order chi connectivity index (χ1) is 5.68. The predicted octanol–water partition coefficient (Wildman–Crippen LogP) is 0.743. The third-order valence-corrected chi connectivity index (χ3v) is 1.54. The molecule has 0 aromatic heterocycles. The normalized spacial score (nSPS) is 12.0. The summed E-state index contributed by atoms with van der Waals surface area (Å²) in [6.07, 6.45) is 2.23. The Morgan fingerprint density at radius 3 is 2.83 bits per heavy atom. The van der Waals surface area contributed by atoms with Crippen molar-refractivity contribution in [2.45, 2.75) is 32.2 Å². The quantitative estimate of drug-likeness (QED) is 0.577. The Balaban J connectivity index is 3.21. The summed E-state index contributed by atoms with van der Waals surface area (Å²) in [5.74, 6) is -0.838. The molecule has 0 bridgehead atoms. The maximum Gasteiger partial charge on any atom is 0.320 e. The van der Waals surface area contributed by atoms with Gasteiger partial charge in [0.25, 0.3) is 0 Å². The van der Waals surface area contributed by atoms with E-state index in [-0.39, 0.29) is 0 Å². The van der Waals surface area contributed by atoms with Gasteiger partial charge in [0.15, 0.2) is 0 Å². The fraction of sp³-hybridized carbons (Fsp3) is 0.750. The molecule has 0 aliphatic carbocycles. The summed E-state index contributed by atoms with van der Waals surface area (Å²) >= 11 is 0. The molecule has 4 nitrogen and oxygen atoms in total. The first-order valence-corrected chi connectivity index (χ1v) is 4.01. The van der Waals surface area contributed by atoms with Crippen LogP contribution in [-0.4, -0.2) is 23.7 Å².